The van der Waals surface area contributed by atoms with Gasteiger partial charge in [0, 0.05) is 13.0 Å². The van der Waals surface area contributed by atoms with E-state index >= 15 is 0 Å². The number of phenols is 1. The second kappa shape index (κ2) is 18.0. The molecule has 0 aromatic heterocycles. The average molecular weight is 678 g/mol. The predicted octanol–water partition coefficient (Wildman–Crippen LogP) is -2.40. The van der Waals surface area contributed by atoms with Crippen LogP contribution in [0.5, 0.6) is 5.75 Å². The van der Waals surface area contributed by atoms with Gasteiger partial charge in [0.1, 0.15) is 29.9 Å². The second-order valence-corrected chi connectivity index (χ2v) is 12.4. The van der Waals surface area contributed by atoms with E-state index in [2.05, 4.69) is 21.3 Å². The quantitative estimate of drug-likeness (QED) is 0.0838. The third-order valence-electron chi connectivity index (χ3n) is 7.72. The Morgan fingerprint density at radius 2 is 1.50 bits per heavy atom. The molecule has 1 fully saturated rings. The SMILES string of the molecule is CC(C)C[C@H](NC(=O)[C@H](C)NC(=O)[C@H](Cc1ccc(O)cc1)NC(=O)[C@@H]1CCCN1C(=O)[C@@H](N)CC(N)=O)C(=O)N[C@H](C(=O)O)[C@@H](C)O. The molecular formula is C31H47N7O10. The zero-order chi connectivity index (χ0) is 36.3. The largest absolute Gasteiger partial charge is 0.508 e. The Hall–Kier alpha value is -4.77. The molecule has 1 heterocycles. The van der Waals surface area contributed by atoms with Crippen molar-refractivity contribution < 1.29 is 48.9 Å². The summed E-state index contributed by atoms with van der Waals surface area (Å²) in [4.78, 5) is 89.9. The summed E-state index contributed by atoms with van der Waals surface area (Å²) in [6.07, 6.45) is -1.04. The van der Waals surface area contributed by atoms with E-state index in [9.17, 15) is 48.9 Å². The number of aliphatic hydroxyl groups is 1. The summed E-state index contributed by atoms with van der Waals surface area (Å²) >= 11 is 0. The zero-order valence-electron chi connectivity index (χ0n) is 27.5. The lowest BCUT2D eigenvalue weighted by Crippen LogP contribution is -2.59. The van der Waals surface area contributed by atoms with Crippen LogP contribution in [0.25, 0.3) is 0 Å². The molecule has 17 nitrogen and oxygen atoms in total. The van der Waals surface area contributed by atoms with Crippen molar-refractivity contribution in [3.8, 4) is 5.75 Å². The average Bonchev–Trinajstić information content (AvgIpc) is 3.49. The van der Waals surface area contributed by atoms with Crippen molar-refractivity contribution in [3.05, 3.63) is 29.8 Å². The Kier molecular flexibility index (Phi) is 14.7. The third-order valence-corrected chi connectivity index (χ3v) is 7.72. The Morgan fingerprint density at radius 1 is 0.896 bits per heavy atom. The van der Waals surface area contributed by atoms with Crippen LogP contribution < -0.4 is 32.7 Å². The molecule has 0 spiro atoms. The first-order chi connectivity index (χ1) is 22.4. The molecule has 1 saturated heterocycles. The first-order valence-corrected chi connectivity index (χ1v) is 15.7. The van der Waals surface area contributed by atoms with E-state index in [0.29, 0.717) is 12.0 Å². The summed E-state index contributed by atoms with van der Waals surface area (Å²) in [5.74, 6) is -6.07. The normalized spacial score (nSPS) is 18.1. The van der Waals surface area contributed by atoms with Gasteiger partial charge in [-0.2, -0.15) is 0 Å². The van der Waals surface area contributed by atoms with Crippen LogP contribution in [0.4, 0.5) is 0 Å². The number of aliphatic carboxylic acids is 1. The minimum absolute atomic E-state index is 0.0235. The minimum atomic E-state index is -1.62. The predicted molar refractivity (Wildman–Crippen MR) is 171 cm³/mol. The minimum Gasteiger partial charge on any atom is -0.508 e. The number of benzene rings is 1. The fourth-order valence-electron chi connectivity index (χ4n) is 5.19. The van der Waals surface area contributed by atoms with Crippen molar-refractivity contribution in [2.45, 2.75) is 102 Å². The fourth-order valence-corrected chi connectivity index (χ4v) is 5.19. The summed E-state index contributed by atoms with van der Waals surface area (Å²) in [6.45, 7) is 6.31. The maximum absolute atomic E-state index is 13.5. The lowest BCUT2D eigenvalue weighted by molar-refractivity contribution is -0.145. The molecule has 0 saturated carbocycles. The maximum atomic E-state index is 13.5. The van der Waals surface area contributed by atoms with Gasteiger partial charge in [-0.3, -0.25) is 28.8 Å². The van der Waals surface area contributed by atoms with Crippen molar-refractivity contribution in [2.24, 2.45) is 17.4 Å². The molecule has 0 bridgehead atoms. The van der Waals surface area contributed by atoms with E-state index in [0.717, 1.165) is 0 Å². The number of hydrogen-bond donors (Lipinski definition) is 9. The van der Waals surface area contributed by atoms with E-state index < -0.39 is 90.2 Å². The number of likely N-dealkylation sites (tertiary alicyclic amines) is 1. The summed E-state index contributed by atoms with van der Waals surface area (Å²) in [6, 6.07) is -1.66. The van der Waals surface area contributed by atoms with Gasteiger partial charge in [0.25, 0.3) is 0 Å². The fraction of sp³-hybridized carbons (Fsp3) is 0.581. The van der Waals surface area contributed by atoms with Gasteiger partial charge < -0.3 is 53.0 Å². The number of carboxylic acids is 1. The number of nitrogens with zero attached hydrogens (tertiary/aromatic N) is 1. The van der Waals surface area contributed by atoms with Crippen molar-refractivity contribution in [1.82, 2.24) is 26.2 Å². The lowest BCUT2D eigenvalue weighted by atomic mass is 10.0. The van der Waals surface area contributed by atoms with Crippen LogP contribution in [0.2, 0.25) is 0 Å². The highest BCUT2D eigenvalue weighted by Crippen LogP contribution is 2.20. The van der Waals surface area contributed by atoms with Crippen LogP contribution in [0.15, 0.2) is 24.3 Å². The molecule has 1 aromatic rings. The number of carbonyl (C=O) groups excluding carboxylic acids is 6. The number of nitrogens with two attached hydrogens (primary N) is 2. The molecule has 0 radical (unpaired) electrons. The number of primary amides is 1. The van der Waals surface area contributed by atoms with Crippen LogP contribution in [0.1, 0.15) is 58.9 Å². The zero-order valence-corrected chi connectivity index (χ0v) is 27.5. The number of aromatic hydroxyl groups is 1. The Morgan fingerprint density at radius 3 is 2.04 bits per heavy atom. The molecule has 2 rings (SSSR count). The van der Waals surface area contributed by atoms with Crippen LogP contribution in [-0.4, -0.2) is 111 Å². The smallest absolute Gasteiger partial charge is 0.328 e. The molecule has 1 aromatic carbocycles. The third kappa shape index (κ3) is 11.8. The maximum Gasteiger partial charge on any atom is 0.328 e. The van der Waals surface area contributed by atoms with Gasteiger partial charge >= 0.3 is 5.97 Å². The lowest BCUT2D eigenvalue weighted by Gasteiger charge is -2.29. The van der Waals surface area contributed by atoms with Gasteiger partial charge in [-0.1, -0.05) is 26.0 Å². The number of rotatable bonds is 17. The summed E-state index contributed by atoms with van der Waals surface area (Å²) in [7, 11) is 0. The van der Waals surface area contributed by atoms with E-state index in [4.69, 9.17) is 11.5 Å². The number of hydrogen-bond acceptors (Lipinski definition) is 10. The number of phenolic OH excluding ortho intramolecular Hbond substituents is 1. The van der Waals surface area contributed by atoms with Gasteiger partial charge in [-0.25, -0.2) is 4.79 Å². The molecule has 48 heavy (non-hydrogen) atoms. The first kappa shape index (κ1) is 39.4. The Labute approximate surface area is 278 Å². The van der Waals surface area contributed by atoms with Crippen LogP contribution >= 0.6 is 0 Å². The summed E-state index contributed by atoms with van der Waals surface area (Å²) in [5, 5.41) is 38.7. The highest BCUT2D eigenvalue weighted by Gasteiger charge is 2.38. The van der Waals surface area contributed by atoms with E-state index in [-0.39, 0.29) is 37.5 Å². The Bertz CT molecular complexity index is 1340. The summed E-state index contributed by atoms with van der Waals surface area (Å²) < 4.78 is 0. The van der Waals surface area contributed by atoms with Gasteiger partial charge in [-0.05, 0) is 56.7 Å². The molecular weight excluding hydrogens is 630 g/mol. The van der Waals surface area contributed by atoms with E-state index in [1.54, 1.807) is 26.0 Å². The highest BCUT2D eigenvalue weighted by molar-refractivity contribution is 5.97. The first-order valence-electron chi connectivity index (χ1n) is 15.7. The molecule has 1 aliphatic heterocycles. The van der Waals surface area contributed by atoms with Gasteiger partial charge in [0.2, 0.25) is 35.4 Å². The molecule has 17 heteroatoms. The standard InChI is InChI=1S/C31H47N7O10/c1-15(2)12-21(28(44)37-25(17(4)39)31(47)48)35-26(42)16(3)34-27(43)22(13-18-7-9-19(40)10-8-18)36-29(45)23-6-5-11-38(23)30(46)20(32)14-24(33)41/h7-10,15-17,20-23,25,39-40H,5-6,11-14,32H2,1-4H3,(H2,33,41)(H,34,43)(H,35,42)(H,36,45)(H,37,44)(H,47,48)/t16-,17+,20-,21-,22-,23-,25-/m0/s1. The molecule has 266 valence electrons. The monoisotopic (exact) mass is 677 g/mol. The van der Waals surface area contributed by atoms with Crippen molar-refractivity contribution in [2.75, 3.05) is 6.54 Å². The van der Waals surface area contributed by atoms with E-state index in [1.165, 1.54) is 30.9 Å². The van der Waals surface area contributed by atoms with Crippen molar-refractivity contribution in [3.63, 3.8) is 0 Å². The topological polar surface area (TPSA) is 284 Å². The van der Waals surface area contributed by atoms with Gasteiger partial charge in [-0.15, -0.1) is 0 Å². The number of nitrogens with one attached hydrogen (secondary N) is 4. The highest BCUT2D eigenvalue weighted by atomic mass is 16.4. The van der Waals surface area contributed by atoms with Crippen molar-refractivity contribution >= 4 is 41.4 Å². The number of carbonyl (C=O) groups is 7. The summed E-state index contributed by atoms with van der Waals surface area (Å²) in [5.41, 5.74) is 11.5. The van der Waals surface area contributed by atoms with Gasteiger partial charge in [0.05, 0.1) is 18.6 Å². The Balaban J connectivity index is 2.22. The van der Waals surface area contributed by atoms with Crippen LogP contribution in [-0.2, 0) is 40.0 Å². The molecule has 1 aliphatic rings. The van der Waals surface area contributed by atoms with E-state index in [1.807, 2.05) is 0 Å². The molecule has 0 aliphatic carbocycles. The van der Waals surface area contributed by atoms with Crippen LogP contribution in [0, 0.1) is 5.92 Å². The second-order valence-electron chi connectivity index (χ2n) is 12.4. The molecule has 7 atom stereocenters. The van der Waals surface area contributed by atoms with Crippen LogP contribution in [0.3, 0.4) is 0 Å². The molecule has 0 unspecified atom stereocenters. The van der Waals surface area contributed by atoms with Gasteiger partial charge in [0.15, 0.2) is 6.04 Å². The molecule has 6 amide bonds. The molecule has 11 N–H and O–H groups in total. The number of amides is 6. The van der Waals surface area contributed by atoms with Crippen molar-refractivity contribution in [1.29, 1.82) is 0 Å². The number of carboxylic acid groups (broad SMARTS) is 1. The number of aliphatic hydroxyl groups excluding tert-OH is 1.